The minimum absolute atomic E-state index is 0.174. The van der Waals surface area contributed by atoms with Crippen LogP contribution < -0.4 is 5.46 Å². The maximum Gasteiger partial charge on any atom is 0.150 e. The molecule has 0 N–H and O–H groups in total. The van der Waals surface area contributed by atoms with Gasteiger partial charge in [0.1, 0.15) is 14.1 Å². The third-order valence-electron chi connectivity index (χ3n) is 4.09. The Morgan fingerprint density at radius 3 is 2.69 bits per heavy atom. The molecule has 1 atom stereocenters. The molecule has 2 aliphatic carbocycles. The van der Waals surface area contributed by atoms with E-state index in [0.717, 1.165) is 31.1 Å². The van der Waals surface area contributed by atoms with Crippen molar-refractivity contribution in [3.63, 3.8) is 0 Å². The van der Waals surface area contributed by atoms with Crippen molar-refractivity contribution in [2.75, 3.05) is 0 Å². The number of rotatable bonds is 2. The molecule has 0 amide bonds. The van der Waals surface area contributed by atoms with Gasteiger partial charge in [0, 0.05) is 5.56 Å². The molecule has 0 aliphatic heterocycles. The highest BCUT2D eigenvalue weighted by molar-refractivity contribution is 6.32. The lowest BCUT2D eigenvalue weighted by Crippen LogP contribution is -2.15. The van der Waals surface area contributed by atoms with E-state index in [4.69, 9.17) is 7.85 Å². The molecule has 0 saturated heterocycles. The Bertz CT molecular complexity index is 527. The summed E-state index contributed by atoms with van der Waals surface area (Å²) >= 11 is 0. The minimum Gasteiger partial charge on any atom is -0.298 e. The van der Waals surface area contributed by atoms with Gasteiger partial charge in [-0.1, -0.05) is 23.7 Å². The van der Waals surface area contributed by atoms with Crippen LogP contribution in [0.2, 0.25) is 0 Å². The van der Waals surface area contributed by atoms with Gasteiger partial charge >= 0.3 is 0 Å². The molecule has 76 valence electrons. The van der Waals surface area contributed by atoms with Crippen LogP contribution in [-0.4, -0.2) is 14.1 Å². The van der Waals surface area contributed by atoms with E-state index in [-0.39, 0.29) is 5.41 Å². The number of carbonyl (C=O) groups is 1. The van der Waals surface area contributed by atoms with Crippen LogP contribution in [0.15, 0.2) is 18.2 Å². The third-order valence-corrected chi connectivity index (χ3v) is 4.09. The molecule has 2 saturated carbocycles. The van der Waals surface area contributed by atoms with E-state index in [1.54, 1.807) is 18.2 Å². The number of nitriles is 1. The van der Waals surface area contributed by atoms with Crippen molar-refractivity contribution < 1.29 is 4.79 Å². The first-order chi connectivity index (χ1) is 7.67. The van der Waals surface area contributed by atoms with E-state index in [9.17, 15) is 10.1 Å². The highest BCUT2D eigenvalue weighted by atomic mass is 16.1. The number of hydrogen-bond acceptors (Lipinski definition) is 2. The number of hydrogen-bond donors (Lipinski definition) is 0. The van der Waals surface area contributed by atoms with Crippen molar-refractivity contribution in [2.45, 2.75) is 24.7 Å². The van der Waals surface area contributed by atoms with Gasteiger partial charge in [0.2, 0.25) is 0 Å². The highest BCUT2D eigenvalue weighted by Crippen LogP contribution is 2.78. The molecule has 0 heterocycles. The van der Waals surface area contributed by atoms with Crippen LogP contribution in [0.3, 0.4) is 0 Å². The molecule has 1 spiro atoms. The molecule has 1 unspecified atom stereocenters. The summed E-state index contributed by atoms with van der Waals surface area (Å²) in [5.74, 6) is 0. The van der Waals surface area contributed by atoms with Gasteiger partial charge in [-0.3, -0.25) is 4.79 Å². The monoisotopic (exact) mass is 207 g/mol. The van der Waals surface area contributed by atoms with E-state index in [1.165, 1.54) is 0 Å². The Morgan fingerprint density at radius 2 is 2.19 bits per heavy atom. The zero-order valence-corrected chi connectivity index (χ0v) is 8.86. The van der Waals surface area contributed by atoms with Crippen LogP contribution in [0.25, 0.3) is 0 Å². The topological polar surface area (TPSA) is 40.9 Å². The summed E-state index contributed by atoms with van der Waals surface area (Å²) < 4.78 is 0. The molecule has 3 heteroatoms. The molecule has 1 aromatic carbocycles. The fourth-order valence-electron chi connectivity index (χ4n) is 2.86. The van der Waals surface area contributed by atoms with Gasteiger partial charge in [0.25, 0.3) is 0 Å². The predicted molar refractivity (Wildman–Crippen MR) is 60.8 cm³/mol. The van der Waals surface area contributed by atoms with Crippen LogP contribution in [0.1, 0.15) is 35.2 Å². The Hall–Kier alpha value is -1.56. The average molecular weight is 207 g/mol. The lowest BCUT2D eigenvalue weighted by Gasteiger charge is -2.12. The Labute approximate surface area is 95.7 Å². The molecule has 3 rings (SSSR count). The molecule has 16 heavy (non-hydrogen) atoms. The first-order valence-corrected chi connectivity index (χ1v) is 5.44. The third kappa shape index (κ3) is 0.997. The van der Waals surface area contributed by atoms with Crippen molar-refractivity contribution >= 4 is 19.6 Å². The summed E-state index contributed by atoms with van der Waals surface area (Å²) in [4.78, 5) is 11.0. The van der Waals surface area contributed by atoms with Crippen LogP contribution in [0.5, 0.6) is 0 Å². The highest BCUT2D eigenvalue weighted by Gasteiger charge is 2.75. The van der Waals surface area contributed by atoms with Crippen molar-refractivity contribution in [3.05, 3.63) is 29.3 Å². The van der Waals surface area contributed by atoms with Crippen molar-refractivity contribution in [1.82, 2.24) is 0 Å². The van der Waals surface area contributed by atoms with Gasteiger partial charge in [-0.15, -0.1) is 0 Å². The lowest BCUT2D eigenvalue weighted by atomic mass is 9.84. The van der Waals surface area contributed by atoms with E-state index in [0.29, 0.717) is 11.0 Å². The smallest absolute Gasteiger partial charge is 0.150 e. The molecular formula is C13H10BNO. The fourth-order valence-corrected chi connectivity index (χ4v) is 2.86. The van der Waals surface area contributed by atoms with E-state index >= 15 is 0 Å². The Kier molecular flexibility index (Phi) is 1.67. The quantitative estimate of drug-likeness (QED) is 0.540. The second kappa shape index (κ2) is 2.76. The van der Waals surface area contributed by atoms with Gasteiger partial charge in [0.15, 0.2) is 0 Å². The van der Waals surface area contributed by atoms with Gasteiger partial charge in [-0.05, 0) is 30.2 Å². The molecule has 2 aliphatic rings. The van der Waals surface area contributed by atoms with Crippen LogP contribution >= 0.6 is 0 Å². The Morgan fingerprint density at radius 1 is 1.44 bits per heavy atom. The van der Waals surface area contributed by atoms with E-state index < -0.39 is 5.41 Å². The molecule has 2 nitrogen and oxygen atoms in total. The van der Waals surface area contributed by atoms with Gasteiger partial charge in [-0.2, -0.15) is 5.26 Å². The summed E-state index contributed by atoms with van der Waals surface area (Å²) in [7, 11) is 5.74. The molecule has 0 bridgehead atoms. The first-order valence-electron chi connectivity index (χ1n) is 5.44. The lowest BCUT2D eigenvalue weighted by molar-refractivity contribution is 0.112. The van der Waals surface area contributed by atoms with Gasteiger partial charge in [0.05, 0.1) is 11.5 Å². The standard InChI is InChI=1S/C13H10BNO/c14-10-2-1-9(6-16)11(5-10)13(8-15)7-12(13)3-4-12/h1-2,5-6H,3-4,7H2. The minimum atomic E-state index is -0.432. The maximum atomic E-state index is 11.0. The summed E-state index contributed by atoms with van der Waals surface area (Å²) in [6.45, 7) is 0. The van der Waals surface area contributed by atoms with Crippen molar-refractivity contribution in [2.24, 2.45) is 5.41 Å². The van der Waals surface area contributed by atoms with Crippen LogP contribution in [0.4, 0.5) is 0 Å². The molecular weight excluding hydrogens is 197 g/mol. The van der Waals surface area contributed by atoms with Gasteiger partial charge < -0.3 is 0 Å². The number of nitrogens with zero attached hydrogens (tertiary/aromatic N) is 1. The van der Waals surface area contributed by atoms with Crippen molar-refractivity contribution in [3.8, 4) is 6.07 Å². The summed E-state index contributed by atoms with van der Waals surface area (Å²) in [6.07, 6.45) is 3.92. The molecule has 1 aromatic rings. The normalized spacial score (nSPS) is 28.4. The predicted octanol–water partition coefficient (Wildman–Crippen LogP) is 1.24. The summed E-state index contributed by atoms with van der Waals surface area (Å²) in [5.41, 5.74) is 1.81. The summed E-state index contributed by atoms with van der Waals surface area (Å²) in [6, 6.07) is 7.62. The molecule has 2 radical (unpaired) electrons. The van der Waals surface area contributed by atoms with E-state index in [1.807, 2.05) is 0 Å². The Balaban J connectivity index is 2.16. The van der Waals surface area contributed by atoms with Crippen LogP contribution in [-0.2, 0) is 5.41 Å². The fraction of sp³-hybridized carbons (Fsp3) is 0.385. The second-order valence-corrected chi connectivity index (χ2v) is 4.94. The zero-order chi connectivity index (χ0) is 11.4. The maximum absolute atomic E-state index is 11.0. The zero-order valence-electron chi connectivity index (χ0n) is 8.86. The average Bonchev–Trinajstić information content (AvgIpc) is 3.19. The van der Waals surface area contributed by atoms with E-state index in [2.05, 4.69) is 6.07 Å². The number of benzene rings is 1. The SMILES string of the molecule is [B]c1ccc(C=O)c(C2(C#N)CC23CC3)c1. The first kappa shape index (κ1) is 9.66. The van der Waals surface area contributed by atoms with Gasteiger partial charge in [-0.25, -0.2) is 0 Å². The number of aldehydes is 1. The summed E-state index contributed by atoms with van der Waals surface area (Å²) in [5, 5.41) is 9.39. The second-order valence-electron chi connectivity index (χ2n) is 4.94. The molecule has 2 fully saturated rings. The number of carbonyl (C=O) groups excluding carboxylic acids is 1. The largest absolute Gasteiger partial charge is 0.298 e. The van der Waals surface area contributed by atoms with Crippen LogP contribution in [0, 0.1) is 16.7 Å². The van der Waals surface area contributed by atoms with Crippen molar-refractivity contribution in [1.29, 1.82) is 5.26 Å². The molecule has 0 aromatic heterocycles.